The van der Waals surface area contributed by atoms with Gasteiger partial charge in [0.05, 0.1) is 0 Å². The maximum absolute atomic E-state index is 14.1. The Balaban J connectivity index is 1.61. The monoisotopic (exact) mass is 522 g/mol. The van der Waals surface area contributed by atoms with Gasteiger partial charge in [0.15, 0.2) is 18.2 Å². The van der Waals surface area contributed by atoms with E-state index in [2.05, 4.69) is 5.32 Å². The van der Waals surface area contributed by atoms with Gasteiger partial charge in [-0.05, 0) is 48.2 Å². The van der Waals surface area contributed by atoms with E-state index in [1.165, 1.54) is 23.5 Å². The quantitative estimate of drug-likeness (QED) is 0.358. The lowest BCUT2D eigenvalue weighted by Gasteiger charge is -2.33. The first-order chi connectivity index (χ1) is 18.0. The van der Waals surface area contributed by atoms with Crippen LogP contribution < -0.4 is 10.1 Å². The van der Waals surface area contributed by atoms with Crippen LogP contribution in [0.2, 0.25) is 5.02 Å². The molecule has 0 aromatic heterocycles. The van der Waals surface area contributed by atoms with Crippen molar-refractivity contribution in [2.75, 3.05) is 6.61 Å². The zero-order valence-electron chi connectivity index (χ0n) is 20.7. The number of hydrogen-bond acceptors (Lipinski definition) is 3. The van der Waals surface area contributed by atoms with Gasteiger partial charge in [0.25, 0.3) is 5.91 Å². The second-order valence-corrected chi connectivity index (χ2v) is 9.85. The Bertz CT molecular complexity index is 1170. The predicted octanol–water partition coefficient (Wildman–Crippen LogP) is 5.95. The molecule has 5 nitrogen and oxygen atoms in total. The van der Waals surface area contributed by atoms with Gasteiger partial charge in [-0.2, -0.15) is 0 Å². The van der Waals surface area contributed by atoms with E-state index in [0.717, 1.165) is 36.8 Å². The van der Waals surface area contributed by atoms with E-state index >= 15 is 0 Å². The summed E-state index contributed by atoms with van der Waals surface area (Å²) in [5, 5.41) is 3.78. The molecule has 3 aromatic carbocycles. The first-order valence-corrected chi connectivity index (χ1v) is 13.1. The summed E-state index contributed by atoms with van der Waals surface area (Å²) in [6.07, 6.45) is 5.56. The van der Waals surface area contributed by atoms with Crippen molar-refractivity contribution in [2.45, 2.75) is 57.2 Å². The van der Waals surface area contributed by atoms with Gasteiger partial charge in [0.1, 0.15) is 6.04 Å². The maximum Gasteiger partial charge on any atom is 0.261 e. The predicted molar refractivity (Wildman–Crippen MR) is 143 cm³/mol. The lowest BCUT2D eigenvalue weighted by Crippen LogP contribution is -2.53. The van der Waals surface area contributed by atoms with Crippen LogP contribution in [0.1, 0.15) is 43.2 Å². The molecule has 37 heavy (non-hydrogen) atoms. The number of rotatable bonds is 10. The number of para-hydroxylation sites is 1. The standard InChI is InChI=1S/C30H32ClFN2O3/c31-24-17-15-23(16-18-24)20-34(29(35)21-37-28-14-8-7-13-26(28)32)27(19-22-9-3-1-4-10-22)30(36)33-25-11-5-2-6-12-25/h1,3-4,7-10,13-18,25,27H,2,5-6,11-12,19-21H2,(H,33,36). The second kappa shape index (κ2) is 13.2. The molecule has 0 saturated heterocycles. The van der Waals surface area contributed by atoms with Crippen molar-refractivity contribution in [3.8, 4) is 5.75 Å². The first-order valence-electron chi connectivity index (χ1n) is 12.7. The summed E-state index contributed by atoms with van der Waals surface area (Å²) in [6.45, 7) is -0.206. The molecule has 194 valence electrons. The van der Waals surface area contributed by atoms with Gasteiger partial charge in [-0.25, -0.2) is 4.39 Å². The summed E-state index contributed by atoms with van der Waals surface area (Å²) in [4.78, 5) is 28.8. The minimum absolute atomic E-state index is 0.00596. The normalized spacial score (nSPS) is 14.5. The largest absolute Gasteiger partial charge is 0.481 e. The molecule has 1 aliphatic carbocycles. The smallest absolute Gasteiger partial charge is 0.261 e. The lowest BCUT2D eigenvalue weighted by atomic mass is 9.94. The average molecular weight is 523 g/mol. The fourth-order valence-corrected chi connectivity index (χ4v) is 4.79. The topological polar surface area (TPSA) is 58.6 Å². The minimum Gasteiger partial charge on any atom is -0.481 e. The SMILES string of the molecule is O=C(NC1CCCCC1)C(Cc1ccccc1)N(Cc1ccc(Cl)cc1)C(=O)COc1ccccc1F. The Labute approximate surface area is 222 Å². The van der Waals surface area contributed by atoms with Crippen molar-refractivity contribution < 1.29 is 18.7 Å². The van der Waals surface area contributed by atoms with Crippen molar-refractivity contribution in [3.63, 3.8) is 0 Å². The molecular formula is C30H32ClFN2O3. The highest BCUT2D eigenvalue weighted by Crippen LogP contribution is 2.21. The van der Waals surface area contributed by atoms with Crippen molar-refractivity contribution in [3.05, 3.63) is 101 Å². The van der Waals surface area contributed by atoms with Crippen LogP contribution in [-0.2, 0) is 22.6 Å². The van der Waals surface area contributed by atoms with Crippen molar-refractivity contribution >= 4 is 23.4 Å². The maximum atomic E-state index is 14.1. The summed E-state index contributed by atoms with van der Waals surface area (Å²) in [7, 11) is 0. The zero-order chi connectivity index (χ0) is 26.0. The molecule has 3 aromatic rings. The van der Waals surface area contributed by atoms with Crippen LogP contribution in [0.4, 0.5) is 4.39 Å². The van der Waals surface area contributed by atoms with E-state index in [1.54, 1.807) is 24.3 Å². The van der Waals surface area contributed by atoms with Gasteiger partial charge >= 0.3 is 0 Å². The highest BCUT2D eigenvalue weighted by atomic mass is 35.5. The fourth-order valence-electron chi connectivity index (χ4n) is 4.67. The number of carbonyl (C=O) groups is 2. The van der Waals surface area contributed by atoms with Crippen LogP contribution in [0, 0.1) is 5.82 Å². The number of ether oxygens (including phenoxy) is 1. The molecule has 0 aliphatic heterocycles. The molecule has 0 heterocycles. The van der Waals surface area contributed by atoms with Gasteiger partial charge in [0.2, 0.25) is 5.91 Å². The molecule has 0 bridgehead atoms. The van der Waals surface area contributed by atoms with E-state index in [-0.39, 0.29) is 24.2 Å². The Morgan fingerprint density at radius 2 is 1.59 bits per heavy atom. The molecule has 0 spiro atoms. The molecule has 4 rings (SSSR count). The Morgan fingerprint density at radius 3 is 2.30 bits per heavy atom. The number of benzene rings is 3. The number of carbonyl (C=O) groups excluding carboxylic acids is 2. The molecule has 1 aliphatic rings. The Kier molecular flexibility index (Phi) is 9.55. The van der Waals surface area contributed by atoms with Crippen LogP contribution in [0.3, 0.4) is 0 Å². The van der Waals surface area contributed by atoms with Crippen LogP contribution in [0.5, 0.6) is 5.75 Å². The average Bonchev–Trinajstić information content (AvgIpc) is 2.92. The Hall–Kier alpha value is -3.38. The first kappa shape index (κ1) is 26.7. The molecule has 1 fully saturated rings. The van der Waals surface area contributed by atoms with Crippen LogP contribution in [-0.4, -0.2) is 35.4 Å². The Morgan fingerprint density at radius 1 is 0.919 bits per heavy atom. The third-order valence-corrected chi connectivity index (χ3v) is 6.93. The van der Waals surface area contributed by atoms with Crippen molar-refractivity contribution in [1.82, 2.24) is 10.2 Å². The highest BCUT2D eigenvalue weighted by Gasteiger charge is 2.32. The highest BCUT2D eigenvalue weighted by molar-refractivity contribution is 6.30. The molecule has 2 amide bonds. The van der Waals surface area contributed by atoms with E-state index in [0.29, 0.717) is 11.4 Å². The molecule has 7 heteroatoms. The van der Waals surface area contributed by atoms with Gasteiger partial charge < -0.3 is 15.0 Å². The molecule has 1 N–H and O–H groups in total. The summed E-state index contributed by atoms with van der Waals surface area (Å²) < 4.78 is 19.7. The molecule has 0 radical (unpaired) electrons. The number of nitrogens with one attached hydrogen (secondary N) is 1. The summed E-state index contributed by atoms with van der Waals surface area (Å²) in [6, 6.07) is 22.1. The minimum atomic E-state index is -0.767. The molecule has 1 unspecified atom stereocenters. The second-order valence-electron chi connectivity index (χ2n) is 9.42. The number of amides is 2. The van der Waals surface area contributed by atoms with E-state index in [1.807, 2.05) is 42.5 Å². The van der Waals surface area contributed by atoms with Crippen LogP contribution in [0.15, 0.2) is 78.9 Å². The lowest BCUT2D eigenvalue weighted by molar-refractivity contribution is -0.143. The third-order valence-electron chi connectivity index (χ3n) is 6.68. The van der Waals surface area contributed by atoms with Gasteiger partial charge in [-0.1, -0.05) is 85.5 Å². The van der Waals surface area contributed by atoms with Gasteiger partial charge in [-0.3, -0.25) is 9.59 Å². The molecule has 1 atom stereocenters. The van der Waals surface area contributed by atoms with Crippen molar-refractivity contribution in [1.29, 1.82) is 0 Å². The summed E-state index contributed by atoms with van der Waals surface area (Å²) in [5.41, 5.74) is 1.77. The van der Waals surface area contributed by atoms with Gasteiger partial charge in [-0.15, -0.1) is 0 Å². The number of hydrogen-bond donors (Lipinski definition) is 1. The van der Waals surface area contributed by atoms with E-state index in [4.69, 9.17) is 16.3 Å². The van der Waals surface area contributed by atoms with Crippen LogP contribution >= 0.6 is 11.6 Å². The fraction of sp³-hybridized carbons (Fsp3) is 0.333. The summed E-state index contributed by atoms with van der Waals surface area (Å²) in [5.74, 6) is -1.15. The van der Waals surface area contributed by atoms with E-state index in [9.17, 15) is 14.0 Å². The summed E-state index contributed by atoms with van der Waals surface area (Å²) >= 11 is 6.07. The van der Waals surface area contributed by atoms with Crippen molar-refractivity contribution in [2.24, 2.45) is 0 Å². The van der Waals surface area contributed by atoms with Gasteiger partial charge in [0, 0.05) is 24.0 Å². The third kappa shape index (κ3) is 7.80. The number of halogens is 2. The zero-order valence-corrected chi connectivity index (χ0v) is 21.5. The van der Waals surface area contributed by atoms with Crippen LogP contribution in [0.25, 0.3) is 0 Å². The van der Waals surface area contributed by atoms with E-state index < -0.39 is 24.4 Å². The number of nitrogens with zero attached hydrogens (tertiary/aromatic N) is 1. The molecular weight excluding hydrogens is 491 g/mol. The molecule has 1 saturated carbocycles.